The Morgan fingerprint density at radius 2 is 1.16 bits per heavy atom. The number of quaternary nitrogens is 1. The Bertz CT molecular complexity index is 401. The van der Waals surface area contributed by atoms with Crippen LogP contribution < -0.4 is 17.3 Å². The zero-order chi connectivity index (χ0) is 17.5. The Labute approximate surface area is 164 Å². The number of benzene rings is 1. The number of nitrogens with one attached hydrogen (secondary N) is 1. The first-order valence-electron chi connectivity index (χ1n) is 10.7. The van der Waals surface area contributed by atoms with Gasteiger partial charge in [-0.25, -0.2) is 0 Å². The van der Waals surface area contributed by atoms with Crippen LogP contribution in [0, 0.1) is 6.92 Å². The van der Waals surface area contributed by atoms with E-state index >= 15 is 0 Å². The van der Waals surface area contributed by atoms with Crippen molar-refractivity contribution in [2.75, 3.05) is 19.6 Å². The van der Waals surface area contributed by atoms with Gasteiger partial charge in [-0.3, -0.25) is 0 Å². The van der Waals surface area contributed by atoms with Crippen molar-refractivity contribution in [3.05, 3.63) is 35.4 Å². The van der Waals surface area contributed by atoms with Crippen LogP contribution >= 0.6 is 0 Å². The van der Waals surface area contributed by atoms with Crippen LogP contribution in [0.5, 0.6) is 0 Å². The second kappa shape index (κ2) is 16.9. The third-order valence-corrected chi connectivity index (χ3v) is 5.49. The molecule has 0 atom stereocenters. The van der Waals surface area contributed by atoms with Gasteiger partial charge in [-0.05, 0) is 57.6 Å². The molecule has 1 nitrogen and oxygen atoms in total. The molecule has 0 fully saturated rings. The highest BCUT2D eigenvalue weighted by Gasteiger charge is 2.01. The summed E-state index contributed by atoms with van der Waals surface area (Å²) in [4.78, 5) is 1.76. The molecule has 0 aromatic heterocycles. The normalized spacial score (nSPS) is 10.9. The highest BCUT2D eigenvalue weighted by Crippen LogP contribution is 2.14. The Kier molecular flexibility index (Phi) is 16.6. The summed E-state index contributed by atoms with van der Waals surface area (Å²) in [5.41, 5.74) is 3.00. The van der Waals surface area contributed by atoms with Gasteiger partial charge in [0.2, 0.25) is 0 Å². The van der Waals surface area contributed by atoms with Gasteiger partial charge in [0.15, 0.2) is 0 Å². The van der Waals surface area contributed by atoms with Crippen LogP contribution in [0.25, 0.3) is 0 Å². The first kappa shape index (κ1) is 24.5. The van der Waals surface area contributed by atoms with Crippen molar-refractivity contribution in [2.24, 2.45) is 0 Å². The van der Waals surface area contributed by atoms with Crippen LogP contribution in [0.1, 0.15) is 89.2 Å². The topological polar surface area (TPSA) is 4.44 Å². The van der Waals surface area contributed by atoms with Gasteiger partial charge in [0.05, 0.1) is 19.6 Å². The highest BCUT2D eigenvalue weighted by molar-refractivity contribution is 5.25. The molecule has 25 heavy (non-hydrogen) atoms. The number of hydrogen-bond acceptors (Lipinski definition) is 0. The lowest BCUT2D eigenvalue weighted by atomic mass is 10.0. The van der Waals surface area contributed by atoms with Gasteiger partial charge in [0.25, 0.3) is 0 Å². The molecule has 0 saturated carbocycles. The lowest BCUT2D eigenvalue weighted by Gasteiger charge is -2.14. The number of hydrogen-bond donors (Lipinski definition) is 1. The van der Waals surface area contributed by atoms with Crippen LogP contribution in [0.4, 0.5) is 0 Å². The molecule has 0 aliphatic carbocycles. The van der Waals surface area contributed by atoms with E-state index in [1.165, 1.54) is 95.8 Å². The summed E-state index contributed by atoms with van der Waals surface area (Å²) in [7, 11) is 0. The molecule has 0 saturated heterocycles. The van der Waals surface area contributed by atoms with Crippen molar-refractivity contribution >= 4 is 0 Å². The minimum absolute atomic E-state index is 0. The largest absolute Gasteiger partial charge is 1.00 e. The quantitative estimate of drug-likeness (QED) is 0.454. The van der Waals surface area contributed by atoms with E-state index in [0.717, 1.165) is 0 Å². The van der Waals surface area contributed by atoms with Crippen LogP contribution in [0.2, 0.25) is 0 Å². The van der Waals surface area contributed by atoms with E-state index in [-0.39, 0.29) is 12.4 Å². The van der Waals surface area contributed by atoms with Crippen molar-refractivity contribution < 1.29 is 17.3 Å². The van der Waals surface area contributed by atoms with Crippen molar-refractivity contribution in [1.29, 1.82) is 0 Å². The van der Waals surface area contributed by atoms with Crippen molar-refractivity contribution in [2.45, 2.75) is 91.4 Å². The van der Waals surface area contributed by atoms with Gasteiger partial charge in [-0.1, -0.05) is 69.2 Å². The zero-order valence-corrected chi connectivity index (χ0v) is 17.8. The first-order chi connectivity index (χ1) is 11.8. The fourth-order valence-electron chi connectivity index (χ4n) is 3.60. The molecular formula is C23H42ClN. The molecule has 1 N–H and O–H groups in total. The average molecular weight is 368 g/mol. The Morgan fingerprint density at radius 3 is 1.68 bits per heavy atom. The number of aryl methyl sites for hydroxylation is 2. The van der Waals surface area contributed by atoms with Gasteiger partial charge < -0.3 is 17.3 Å². The maximum absolute atomic E-state index is 2.31. The molecule has 0 heterocycles. The molecule has 1 aromatic rings. The third kappa shape index (κ3) is 12.5. The fourth-order valence-corrected chi connectivity index (χ4v) is 3.60. The van der Waals surface area contributed by atoms with Crippen molar-refractivity contribution in [3.8, 4) is 0 Å². The second-order valence-corrected chi connectivity index (χ2v) is 7.42. The minimum Gasteiger partial charge on any atom is -1.00 e. The van der Waals surface area contributed by atoms with Crippen LogP contribution in [0.15, 0.2) is 24.3 Å². The maximum Gasteiger partial charge on any atom is 0.0770 e. The first-order valence-corrected chi connectivity index (χ1v) is 10.7. The van der Waals surface area contributed by atoms with E-state index in [0.29, 0.717) is 0 Å². The Morgan fingerprint density at radius 1 is 0.680 bits per heavy atom. The second-order valence-electron chi connectivity index (χ2n) is 7.42. The molecule has 146 valence electrons. The lowest BCUT2D eigenvalue weighted by molar-refractivity contribution is -0.896. The van der Waals surface area contributed by atoms with E-state index in [9.17, 15) is 0 Å². The standard InChI is InChI=1S/C23H41N.ClH/c1-4-24(5-2)21-17-13-11-9-7-6-8-10-12-14-19-23-20-16-15-18-22(23)3;/h15-16,18,20H,4-14,17,19,21H2,1-3H3;1H. The molecular weight excluding hydrogens is 326 g/mol. The van der Waals surface area contributed by atoms with Gasteiger partial charge in [0, 0.05) is 0 Å². The molecule has 0 aliphatic heterocycles. The van der Waals surface area contributed by atoms with Crippen LogP contribution in [0.3, 0.4) is 0 Å². The summed E-state index contributed by atoms with van der Waals surface area (Å²) in [6.45, 7) is 10.8. The third-order valence-electron chi connectivity index (χ3n) is 5.49. The van der Waals surface area contributed by atoms with E-state index in [2.05, 4.69) is 45.0 Å². The molecule has 2 heteroatoms. The Balaban J connectivity index is 0.00000576. The van der Waals surface area contributed by atoms with Crippen LogP contribution in [-0.2, 0) is 6.42 Å². The summed E-state index contributed by atoms with van der Waals surface area (Å²) < 4.78 is 0. The van der Waals surface area contributed by atoms with E-state index in [1.807, 2.05) is 0 Å². The SMILES string of the molecule is CC[NH+](CC)CCCCCCCCCCCCc1ccccc1C.[Cl-]. The summed E-state index contributed by atoms with van der Waals surface area (Å²) in [6.07, 6.45) is 15.6. The summed E-state index contributed by atoms with van der Waals surface area (Å²) in [5.74, 6) is 0. The summed E-state index contributed by atoms with van der Waals surface area (Å²) in [6, 6.07) is 8.84. The smallest absolute Gasteiger partial charge is 0.0770 e. The van der Waals surface area contributed by atoms with Gasteiger partial charge in [-0.2, -0.15) is 0 Å². The Hall–Kier alpha value is -0.530. The molecule has 0 radical (unpaired) electrons. The number of halogens is 1. The average Bonchev–Trinajstić information content (AvgIpc) is 2.60. The summed E-state index contributed by atoms with van der Waals surface area (Å²) >= 11 is 0. The highest BCUT2D eigenvalue weighted by atomic mass is 35.5. The molecule has 0 unspecified atom stereocenters. The summed E-state index contributed by atoms with van der Waals surface area (Å²) in [5, 5.41) is 0. The van der Waals surface area contributed by atoms with Gasteiger partial charge >= 0.3 is 0 Å². The number of unbranched alkanes of at least 4 members (excludes halogenated alkanes) is 9. The molecule has 1 rings (SSSR count). The fraction of sp³-hybridized carbons (Fsp3) is 0.739. The predicted molar refractivity (Wildman–Crippen MR) is 108 cm³/mol. The van der Waals surface area contributed by atoms with Gasteiger partial charge in [-0.15, -0.1) is 0 Å². The molecule has 0 spiro atoms. The monoisotopic (exact) mass is 367 g/mol. The van der Waals surface area contributed by atoms with Gasteiger partial charge in [0.1, 0.15) is 0 Å². The van der Waals surface area contributed by atoms with Crippen molar-refractivity contribution in [3.63, 3.8) is 0 Å². The molecule has 0 aliphatic rings. The van der Waals surface area contributed by atoms with E-state index in [4.69, 9.17) is 0 Å². The predicted octanol–water partition coefficient (Wildman–Crippen LogP) is 2.37. The van der Waals surface area contributed by atoms with E-state index in [1.54, 1.807) is 10.5 Å². The zero-order valence-electron chi connectivity index (χ0n) is 17.1. The molecule has 0 amide bonds. The molecule has 0 bridgehead atoms. The van der Waals surface area contributed by atoms with Crippen molar-refractivity contribution in [1.82, 2.24) is 0 Å². The number of rotatable bonds is 15. The maximum atomic E-state index is 2.31. The minimum atomic E-state index is 0. The van der Waals surface area contributed by atoms with E-state index < -0.39 is 0 Å². The van der Waals surface area contributed by atoms with Crippen LogP contribution in [-0.4, -0.2) is 19.6 Å². The molecule has 1 aromatic carbocycles. The lowest BCUT2D eigenvalue weighted by Crippen LogP contribution is -3.11.